The second-order valence-corrected chi connectivity index (χ2v) is 2.19. The molecule has 1 atom stereocenters. The molecule has 1 aliphatic heterocycles. The normalized spacial score (nSPS) is 28.8. The van der Waals surface area contributed by atoms with Crippen LogP contribution in [-0.4, -0.2) is 17.6 Å². The van der Waals surface area contributed by atoms with E-state index >= 15 is 0 Å². The molecule has 1 aliphatic rings. The number of rotatable bonds is 2. The number of nitrogens with zero attached hydrogens (tertiary/aromatic N) is 1. The summed E-state index contributed by atoms with van der Waals surface area (Å²) in [5.74, 6) is 4.98. The van der Waals surface area contributed by atoms with Gasteiger partial charge < -0.3 is 0 Å². The summed E-state index contributed by atoms with van der Waals surface area (Å²) in [5, 5.41) is 1.74. The Morgan fingerprint density at radius 2 is 2.56 bits per heavy atom. The molecule has 1 saturated heterocycles. The first-order chi connectivity index (χ1) is 4.38. The molecule has 1 rings (SSSR count). The summed E-state index contributed by atoms with van der Waals surface area (Å²) in [5.41, 5.74) is 0. The van der Waals surface area contributed by atoms with Crippen molar-refractivity contribution in [3.63, 3.8) is 0 Å². The monoisotopic (exact) mass is 128 g/mol. The highest BCUT2D eigenvalue weighted by Gasteiger charge is 2.21. The van der Waals surface area contributed by atoms with Crippen LogP contribution in [0.1, 0.15) is 12.8 Å². The average Bonchev–Trinajstić information content (AvgIpc) is 2.33. The van der Waals surface area contributed by atoms with Crippen molar-refractivity contribution < 1.29 is 4.94 Å². The highest BCUT2D eigenvalue weighted by molar-refractivity contribution is 4.88. The molecule has 2 N–H and O–H groups in total. The van der Waals surface area contributed by atoms with Crippen molar-refractivity contribution in [3.8, 4) is 0 Å². The molecule has 0 aromatic heterocycles. The fraction of sp³-hybridized carbons (Fsp3) is 0.667. The molecule has 0 bridgehead atoms. The number of hydroxylamine groups is 2. The van der Waals surface area contributed by atoms with E-state index in [1.807, 2.05) is 6.08 Å². The van der Waals surface area contributed by atoms with E-state index in [1.165, 1.54) is 0 Å². The second-order valence-electron chi connectivity index (χ2n) is 2.19. The molecule has 0 amide bonds. The van der Waals surface area contributed by atoms with E-state index in [0.717, 1.165) is 19.4 Å². The molecule has 0 radical (unpaired) electrons. The van der Waals surface area contributed by atoms with Gasteiger partial charge in [-0.25, -0.2) is 4.94 Å². The Morgan fingerprint density at radius 3 is 3.00 bits per heavy atom. The van der Waals surface area contributed by atoms with E-state index in [4.69, 9.17) is 5.90 Å². The Bertz CT molecular complexity index is 105. The lowest BCUT2D eigenvalue weighted by Crippen LogP contribution is -2.30. The number of hydrogen-bond acceptors (Lipinski definition) is 3. The van der Waals surface area contributed by atoms with Crippen molar-refractivity contribution in [1.82, 2.24) is 5.06 Å². The lowest BCUT2D eigenvalue weighted by molar-refractivity contribution is -0.163. The van der Waals surface area contributed by atoms with Gasteiger partial charge in [0.05, 0.1) is 6.04 Å². The lowest BCUT2D eigenvalue weighted by atomic mass is 10.2. The Kier molecular flexibility index (Phi) is 2.22. The van der Waals surface area contributed by atoms with E-state index < -0.39 is 0 Å². The Morgan fingerprint density at radius 1 is 1.78 bits per heavy atom. The molecular weight excluding hydrogens is 116 g/mol. The van der Waals surface area contributed by atoms with Crippen LogP contribution in [0, 0.1) is 0 Å². The molecule has 0 saturated carbocycles. The SMILES string of the molecule is C=CC1CCCN1ON. The number of nitrogens with two attached hydrogens (primary N) is 1. The van der Waals surface area contributed by atoms with Gasteiger partial charge in [0.1, 0.15) is 0 Å². The zero-order chi connectivity index (χ0) is 6.69. The molecule has 0 aliphatic carbocycles. The largest absolute Gasteiger partial charge is 0.214 e. The third kappa shape index (κ3) is 1.30. The van der Waals surface area contributed by atoms with Crippen molar-refractivity contribution in [2.75, 3.05) is 6.54 Å². The first kappa shape index (κ1) is 6.74. The van der Waals surface area contributed by atoms with Gasteiger partial charge in [-0.1, -0.05) is 6.08 Å². The fourth-order valence-corrected chi connectivity index (χ4v) is 1.13. The molecule has 9 heavy (non-hydrogen) atoms. The maximum absolute atomic E-state index is 4.98. The molecule has 0 aromatic rings. The van der Waals surface area contributed by atoms with Crippen LogP contribution >= 0.6 is 0 Å². The smallest absolute Gasteiger partial charge is 0.0549 e. The van der Waals surface area contributed by atoms with Gasteiger partial charge >= 0.3 is 0 Å². The second kappa shape index (κ2) is 2.96. The third-order valence-corrected chi connectivity index (χ3v) is 1.66. The zero-order valence-electron chi connectivity index (χ0n) is 5.42. The van der Waals surface area contributed by atoms with Gasteiger partial charge in [0, 0.05) is 6.54 Å². The summed E-state index contributed by atoms with van der Waals surface area (Å²) >= 11 is 0. The molecule has 1 fully saturated rings. The highest BCUT2D eigenvalue weighted by Crippen LogP contribution is 2.16. The van der Waals surface area contributed by atoms with Gasteiger partial charge in [0.15, 0.2) is 0 Å². The highest BCUT2D eigenvalue weighted by atomic mass is 16.8. The van der Waals surface area contributed by atoms with Crippen LogP contribution in [0.25, 0.3) is 0 Å². The zero-order valence-corrected chi connectivity index (χ0v) is 5.42. The Balaban J connectivity index is 2.41. The average molecular weight is 128 g/mol. The van der Waals surface area contributed by atoms with Gasteiger partial charge in [-0.2, -0.15) is 11.0 Å². The molecule has 1 unspecified atom stereocenters. The Hall–Kier alpha value is -0.380. The fourth-order valence-electron chi connectivity index (χ4n) is 1.13. The molecule has 0 spiro atoms. The topological polar surface area (TPSA) is 38.5 Å². The summed E-state index contributed by atoms with van der Waals surface area (Å²) < 4.78 is 0. The van der Waals surface area contributed by atoms with Crippen molar-refractivity contribution in [2.24, 2.45) is 5.90 Å². The van der Waals surface area contributed by atoms with Gasteiger partial charge in [-0.15, -0.1) is 6.58 Å². The van der Waals surface area contributed by atoms with Crippen molar-refractivity contribution in [3.05, 3.63) is 12.7 Å². The maximum Gasteiger partial charge on any atom is 0.0549 e. The van der Waals surface area contributed by atoms with Crippen LogP contribution < -0.4 is 5.90 Å². The van der Waals surface area contributed by atoms with Gasteiger partial charge in [0.2, 0.25) is 0 Å². The minimum atomic E-state index is 0.329. The summed E-state index contributed by atoms with van der Waals surface area (Å²) in [6.45, 7) is 4.59. The predicted molar refractivity (Wildman–Crippen MR) is 35.2 cm³/mol. The summed E-state index contributed by atoms with van der Waals surface area (Å²) in [6.07, 6.45) is 4.12. The summed E-state index contributed by atoms with van der Waals surface area (Å²) in [4.78, 5) is 4.58. The van der Waals surface area contributed by atoms with E-state index in [9.17, 15) is 0 Å². The molecule has 3 heteroatoms. The number of hydrogen-bond donors (Lipinski definition) is 1. The predicted octanol–water partition coefficient (Wildman–Crippen LogP) is 0.442. The van der Waals surface area contributed by atoms with E-state index in [0.29, 0.717) is 6.04 Å². The van der Waals surface area contributed by atoms with Crippen LogP contribution in [0.3, 0.4) is 0 Å². The first-order valence-corrected chi connectivity index (χ1v) is 3.14. The van der Waals surface area contributed by atoms with Crippen LogP contribution in [0.4, 0.5) is 0 Å². The van der Waals surface area contributed by atoms with Crippen LogP contribution in [0.15, 0.2) is 12.7 Å². The third-order valence-electron chi connectivity index (χ3n) is 1.66. The maximum atomic E-state index is 4.98. The summed E-state index contributed by atoms with van der Waals surface area (Å²) in [7, 11) is 0. The van der Waals surface area contributed by atoms with Gasteiger partial charge in [-0.05, 0) is 12.8 Å². The van der Waals surface area contributed by atoms with E-state index in [2.05, 4.69) is 11.5 Å². The van der Waals surface area contributed by atoms with Crippen molar-refractivity contribution in [2.45, 2.75) is 18.9 Å². The van der Waals surface area contributed by atoms with Gasteiger partial charge in [-0.3, -0.25) is 0 Å². The molecule has 0 aromatic carbocycles. The molecule has 3 nitrogen and oxygen atoms in total. The first-order valence-electron chi connectivity index (χ1n) is 3.14. The van der Waals surface area contributed by atoms with Crippen LogP contribution in [0.5, 0.6) is 0 Å². The minimum absolute atomic E-state index is 0.329. The van der Waals surface area contributed by atoms with E-state index in [1.54, 1.807) is 5.06 Å². The molecular formula is C6H12N2O. The minimum Gasteiger partial charge on any atom is -0.214 e. The lowest BCUT2D eigenvalue weighted by Gasteiger charge is -2.16. The van der Waals surface area contributed by atoms with Gasteiger partial charge in [0.25, 0.3) is 0 Å². The van der Waals surface area contributed by atoms with Crippen molar-refractivity contribution >= 4 is 0 Å². The van der Waals surface area contributed by atoms with Crippen LogP contribution in [-0.2, 0) is 4.94 Å². The Labute approximate surface area is 55.0 Å². The van der Waals surface area contributed by atoms with E-state index in [-0.39, 0.29) is 0 Å². The molecule has 1 heterocycles. The summed E-state index contributed by atoms with van der Waals surface area (Å²) in [6, 6.07) is 0.329. The standard InChI is InChI=1S/C6H12N2O/c1-2-6-4-3-5-8(6)9-7/h2,6H,1,3-5,7H2. The van der Waals surface area contributed by atoms with Crippen LogP contribution in [0.2, 0.25) is 0 Å². The quantitative estimate of drug-likeness (QED) is 0.433. The van der Waals surface area contributed by atoms with Crippen molar-refractivity contribution in [1.29, 1.82) is 0 Å². The molecule has 52 valence electrons.